The fourth-order valence-electron chi connectivity index (χ4n) is 3.09. The molecular formula is C16H24ClNO4S. The van der Waals surface area contributed by atoms with Crippen molar-refractivity contribution >= 4 is 22.2 Å². The Balaban J connectivity index is 0.00000192. The van der Waals surface area contributed by atoms with E-state index in [0.29, 0.717) is 30.6 Å². The molecule has 2 aliphatic rings. The zero-order valence-corrected chi connectivity index (χ0v) is 14.7. The number of halogens is 1. The number of piperidine rings is 1. The summed E-state index contributed by atoms with van der Waals surface area (Å²) < 4.78 is 35.7. The highest BCUT2D eigenvalue weighted by Gasteiger charge is 2.30. The summed E-state index contributed by atoms with van der Waals surface area (Å²) in [6.45, 7) is 3.81. The summed E-state index contributed by atoms with van der Waals surface area (Å²) in [5, 5.41) is 0. The van der Waals surface area contributed by atoms with Crippen molar-refractivity contribution in [3.05, 3.63) is 30.3 Å². The lowest BCUT2D eigenvalue weighted by molar-refractivity contribution is -0.0970. The number of hydrogen-bond acceptors (Lipinski definition) is 5. The van der Waals surface area contributed by atoms with Crippen LogP contribution in [0.4, 0.5) is 0 Å². The van der Waals surface area contributed by atoms with Crippen molar-refractivity contribution in [1.82, 2.24) is 4.90 Å². The van der Waals surface area contributed by atoms with E-state index >= 15 is 0 Å². The Morgan fingerprint density at radius 1 is 1.04 bits per heavy atom. The minimum atomic E-state index is -3.18. The number of benzene rings is 1. The first-order chi connectivity index (χ1) is 10.6. The van der Waals surface area contributed by atoms with E-state index in [9.17, 15) is 8.42 Å². The van der Waals surface area contributed by atoms with Crippen LogP contribution in [0.1, 0.15) is 12.8 Å². The molecule has 1 aromatic carbocycles. The van der Waals surface area contributed by atoms with E-state index in [2.05, 4.69) is 4.90 Å². The Morgan fingerprint density at radius 2 is 1.65 bits per heavy atom. The van der Waals surface area contributed by atoms with Crippen LogP contribution in [0, 0.1) is 5.92 Å². The van der Waals surface area contributed by atoms with E-state index in [0.717, 1.165) is 25.9 Å². The quantitative estimate of drug-likeness (QED) is 0.802. The Morgan fingerprint density at radius 3 is 2.26 bits per heavy atom. The second-order valence-corrected chi connectivity index (χ2v) is 8.03. The number of hydrogen-bond donors (Lipinski definition) is 0. The van der Waals surface area contributed by atoms with E-state index < -0.39 is 9.84 Å². The zero-order valence-electron chi connectivity index (χ0n) is 13.1. The van der Waals surface area contributed by atoms with E-state index in [-0.39, 0.29) is 24.4 Å². The fourth-order valence-corrected chi connectivity index (χ4v) is 4.40. The molecule has 0 amide bonds. The number of sulfone groups is 1. The van der Waals surface area contributed by atoms with E-state index in [4.69, 9.17) is 9.47 Å². The smallest absolute Gasteiger partial charge is 0.179 e. The van der Waals surface area contributed by atoms with Gasteiger partial charge in [-0.2, -0.15) is 0 Å². The van der Waals surface area contributed by atoms with Crippen LogP contribution in [0.3, 0.4) is 0 Å². The maximum absolute atomic E-state index is 12.3. The van der Waals surface area contributed by atoms with Gasteiger partial charge in [-0.3, -0.25) is 0 Å². The summed E-state index contributed by atoms with van der Waals surface area (Å²) in [7, 11) is -3.18. The van der Waals surface area contributed by atoms with Crippen LogP contribution in [0.5, 0.6) is 0 Å². The monoisotopic (exact) mass is 361 g/mol. The summed E-state index contributed by atoms with van der Waals surface area (Å²) in [5.41, 5.74) is 0. The molecule has 23 heavy (non-hydrogen) atoms. The third-order valence-corrected chi connectivity index (χ3v) is 6.15. The van der Waals surface area contributed by atoms with Gasteiger partial charge in [-0.15, -0.1) is 12.4 Å². The van der Waals surface area contributed by atoms with Crippen molar-refractivity contribution in [2.24, 2.45) is 5.92 Å². The molecule has 7 heteroatoms. The summed E-state index contributed by atoms with van der Waals surface area (Å²) in [5.74, 6) is 0.627. The van der Waals surface area contributed by atoms with Crippen molar-refractivity contribution in [3.8, 4) is 0 Å². The second-order valence-electron chi connectivity index (χ2n) is 5.92. The van der Waals surface area contributed by atoms with Crippen molar-refractivity contribution in [2.75, 3.05) is 38.6 Å². The van der Waals surface area contributed by atoms with Gasteiger partial charge in [0.15, 0.2) is 16.1 Å². The Hall–Kier alpha value is -0.660. The maximum Gasteiger partial charge on any atom is 0.179 e. The van der Waals surface area contributed by atoms with Crippen molar-refractivity contribution in [1.29, 1.82) is 0 Å². The Bertz CT molecular complexity index is 567. The lowest BCUT2D eigenvalue weighted by atomic mass is 9.96. The van der Waals surface area contributed by atoms with Gasteiger partial charge in [-0.05, 0) is 38.1 Å². The molecule has 2 saturated heterocycles. The van der Waals surface area contributed by atoms with Crippen LogP contribution < -0.4 is 0 Å². The molecule has 2 fully saturated rings. The zero-order chi connectivity index (χ0) is 15.4. The van der Waals surface area contributed by atoms with Gasteiger partial charge < -0.3 is 14.4 Å². The van der Waals surface area contributed by atoms with Gasteiger partial charge in [-0.1, -0.05) is 18.2 Å². The third kappa shape index (κ3) is 4.90. The molecule has 0 aliphatic carbocycles. The Kier molecular flexibility index (Phi) is 6.85. The van der Waals surface area contributed by atoms with Gasteiger partial charge in [0.25, 0.3) is 0 Å². The molecule has 130 valence electrons. The summed E-state index contributed by atoms with van der Waals surface area (Å²) in [6.07, 6.45) is 1.97. The van der Waals surface area contributed by atoms with Crippen LogP contribution in [0.2, 0.25) is 0 Å². The topological polar surface area (TPSA) is 55.8 Å². The first-order valence-electron chi connectivity index (χ1n) is 7.88. The number of nitrogens with zero attached hydrogens (tertiary/aromatic N) is 1. The van der Waals surface area contributed by atoms with Crippen molar-refractivity contribution < 1.29 is 17.9 Å². The number of rotatable bonds is 5. The SMILES string of the molecule is Cl.O=S(=O)(CCN1CCC(C2OCCO2)CC1)c1ccccc1. The standard InChI is InChI=1S/C16H23NO4S.ClH/c18-22(19,15-4-2-1-3-5-15)13-10-17-8-6-14(7-9-17)16-20-11-12-21-16;/h1-5,14,16H,6-13H2;1H. The first-order valence-corrected chi connectivity index (χ1v) is 9.54. The van der Waals surface area contributed by atoms with E-state index in [1.54, 1.807) is 24.3 Å². The molecule has 0 spiro atoms. The van der Waals surface area contributed by atoms with Crippen molar-refractivity contribution in [3.63, 3.8) is 0 Å². The minimum Gasteiger partial charge on any atom is -0.350 e. The molecule has 5 nitrogen and oxygen atoms in total. The number of likely N-dealkylation sites (tertiary alicyclic amines) is 1. The highest BCUT2D eigenvalue weighted by Crippen LogP contribution is 2.25. The second kappa shape index (κ2) is 8.44. The molecule has 2 heterocycles. The highest BCUT2D eigenvalue weighted by atomic mass is 35.5. The Labute approximate surface area is 144 Å². The van der Waals surface area contributed by atoms with Crippen LogP contribution in [-0.4, -0.2) is 58.2 Å². The van der Waals surface area contributed by atoms with Gasteiger partial charge in [0, 0.05) is 12.5 Å². The van der Waals surface area contributed by atoms with Crippen LogP contribution in [0.15, 0.2) is 35.2 Å². The van der Waals surface area contributed by atoms with Gasteiger partial charge in [0.05, 0.1) is 23.9 Å². The fraction of sp³-hybridized carbons (Fsp3) is 0.625. The summed E-state index contributed by atoms with van der Waals surface area (Å²) in [4.78, 5) is 2.64. The van der Waals surface area contributed by atoms with Gasteiger partial charge >= 0.3 is 0 Å². The highest BCUT2D eigenvalue weighted by molar-refractivity contribution is 7.91. The third-order valence-electron chi connectivity index (χ3n) is 4.44. The van der Waals surface area contributed by atoms with Crippen LogP contribution in [0.25, 0.3) is 0 Å². The molecule has 0 bridgehead atoms. The van der Waals surface area contributed by atoms with E-state index in [1.807, 2.05) is 6.07 Å². The molecule has 0 unspecified atom stereocenters. The molecule has 1 aromatic rings. The predicted octanol–water partition coefficient (Wildman–Crippen LogP) is 1.97. The summed E-state index contributed by atoms with van der Waals surface area (Å²) >= 11 is 0. The molecule has 0 atom stereocenters. The maximum atomic E-state index is 12.3. The average molecular weight is 362 g/mol. The minimum absolute atomic E-state index is 0. The van der Waals surface area contributed by atoms with Crippen LogP contribution >= 0.6 is 12.4 Å². The number of ether oxygens (including phenoxy) is 2. The molecular weight excluding hydrogens is 338 g/mol. The molecule has 0 radical (unpaired) electrons. The molecule has 3 rings (SSSR count). The van der Waals surface area contributed by atoms with Crippen molar-refractivity contribution in [2.45, 2.75) is 24.0 Å². The molecule has 0 aromatic heterocycles. The van der Waals surface area contributed by atoms with Gasteiger partial charge in [0.1, 0.15) is 0 Å². The average Bonchev–Trinajstić information content (AvgIpc) is 3.09. The summed E-state index contributed by atoms with van der Waals surface area (Å²) in [6, 6.07) is 8.68. The normalized spacial score (nSPS) is 21.2. The van der Waals surface area contributed by atoms with Gasteiger partial charge in [-0.25, -0.2) is 8.42 Å². The van der Waals surface area contributed by atoms with Gasteiger partial charge in [0.2, 0.25) is 0 Å². The lowest BCUT2D eigenvalue weighted by Crippen LogP contribution is -2.40. The molecule has 2 aliphatic heterocycles. The van der Waals surface area contributed by atoms with Crippen LogP contribution in [-0.2, 0) is 19.3 Å². The largest absolute Gasteiger partial charge is 0.350 e. The van der Waals surface area contributed by atoms with E-state index in [1.165, 1.54) is 0 Å². The lowest BCUT2D eigenvalue weighted by Gasteiger charge is -2.33. The first kappa shape index (κ1) is 18.7. The molecule has 0 N–H and O–H groups in total. The predicted molar refractivity (Wildman–Crippen MR) is 90.6 cm³/mol. The molecule has 0 saturated carbocycles.